The van der Waals surface area contributed by atoms with Crippen LogP contribution in [0.25, 0.3) is 21.0 Å². The van der Waals surface area contributed by atoms with Gasteiger partial charge in [-0.25, -0.2) is 9.78 Å². The van der Waals surface area contributed by atoms with Crippen molar-refractivity contribution in [1.82, 2.24) is 15.2 Å². The molecule has 3 amide bonds. The molecule has 0 bridgehead atoms. The van der Waals surface area contributed by atoms with E-state index in [9.17, 15) is 14.4 Å². The predicted octanol–water partition coefficient (Wildman–Crippen LogP) is 3.29. The fourth-order valence-corrected chi connectivity index (χ4v) is 3.45. The molecular formula is C19H19N3O5S. The van der Waals surface area contributed by atoms with E-state index in [0.717, 1.165) is 10.2 Å². The topological polar surface area (TPSA) is 102 Å². The Morgan fingerprint density at radius 3 is 2.68 bits per heavy atom. The van der Waals surface area contributed by atoms with Gasteiger partial charge in [-0.05, 0) is 38.1 Å². The number of amides is 3. The van der Waals surface area contributed by atoms with Crippen LogP contribution in [0.3, 0.4) is 0 Å². The molecule has 8 nitrogen and oxygen atoms in total. The van der Waals surface area contributed by atoms with Crippen LogP contribution in [0.2, 0.25) is 0 Å². The van der Waals surface area contributed by atoms with Gasteiger partial charge in [0.2, 0.25) is 5.91 Å². The van der Waals surface area contributed by atoms with E-state index in [2.05, 4.69) is 15.0 Å². The zero-order valence-electron chi connectivity index (χ0n) is 15.4. The van der Waals surface area contributed by atoms with Crippen LogP contribution in [0, 0.1) is 0 Å². The number of alkyl carbamates (subject to hydrolysis) is 1. The van der Waals surface area contributed by atoms with E-state index in [1.807, 2.05) is 24.3 Å². The van der Waals surface area contributed by atoms with Gasteiger partial charge in [0.1, 0.15) is 6.54 Å². The molecule has 0 atom stereocenters. The number of hydrogen-bond donors (Lipinski definition) is 1. The number of benzene rings is 1. The molecule has 1 aromatic carbocycles. The Morgan fingerprint density at radius 2 is 1.96 bits per heavy atom. The first kappa shape index (κ1) is 19.6. The van der Waals surface area contributed by atoms with Gasteiger partial charge < -0.3 is 14.1 Å². The Kier molecular flexibility index (Phi) is 6.05. The SMILES string of the molecule is CCOC(=O)NC(=O)CN(CC)C(=O)c1ccc(-c2nc3ccccc3s2)o1. The normalized spacial score (nSPS) is 10.6. The highest BCUT2D eigenvalue weighted by Crippen LogP contribution is 2.31. The summed E-state index contributed by atoms with van der Waals surface area (Å²) in [5.74, 6) is -0.503. The molecule has 2 heterocycles. The van der Waals surface area contributed by atoms with Gasteiger partial charge in [-0.1, -0.05) is 12.1 Å². The minimum atomic E-state index is -0.841. The van der Waals surface area contributed by atoms with Gasteiger partial charge in [0, 0.05) is 6.54 Å². The molecule has 0 unspecified atom stereocenters. The van der Waals surface area contributed by atoms with Crippen LogP contribution < -0.4 is 5.32 Å². The van der Waals surface area contributed by atoms with E-state index in [1.165, 1.54) is 16.2 Å². The monoisotopic (exact) mass is 401 g/mol. The first-order chi connectivity index (χ1) is 13.5. The number of rotatable bonds is 6. The maximum Gasteiger partial charge on any atom is 0.413 e. The second kappa shape index (κ2) is 8.66. The molecule has 0 spiro atoms. The van der Waals surface area contributed by atoms with Crippen molar-refractivity contribution in [3.8, 4) is 10.8 Å². The van der Waals surface area contributed by atoms with Crippen LogP contribution >= 0.6 is 11.3 Å². The van der Waals surface area contributed by atoms with Crippen molar-refractivity contribution >= 4 is 39.5 Å². The third kappa shape index (κ3) is 4.37. The summed E-state index contributed by atoms with van der Waals surface area (Å²) in [6.07, 6.45) is -0.841. The maximum absolute atomic E-state index is 12.7. The number of likely N-dealkylation sites (N-methyl/N-ethyl adjacent to an activating group) is 1. The fourth-order valence-electron chi connectivity index (χ4n) is 2.52. The Bertz CT molecular complexity index is 977. The van der Waals surface area contributed by atoms with E-state index in [1.54, 1.807) is 26.0 Å². The summed E-state index contributed by atoms with van der Waals surface area (Å²) in [7, 11) is 0. The first-order valence-corrected chi connectivity index (χ1v) is 9.55. The summed E-state index contributed by atoms with van der Waals surface area (Å²) in [5, 5.41) is 2.73. The fraction of sp³-hybridized carbons (Fsp3) is 0.263. The smallest absolute Gasteiger partial charge is 0.413 e. The molecule has 28 heavy (non-hydrogen) atoms. The lowest BCUT2D eigenvalue weighted by molar-refractivity contribution is -0.121. The Morgan fingerprint density at radius 1 is 1.18 bits per heavy atom. The van der Waals surface area contributed by atoms with Crippen LogP contribution in [-0.2, 0) is 9.53 Å². The number of carbonyl (C=O) groups is 3. The number of ether oxygens (including phenoxy) is 1. The average Bonchev–Trinajstić information content (AvgIpc) is 3.32. The Balaban J connectivity index is 1.71. The average molecular weight is 401 g/mol. The molecular weight excluding hydrogens is 382 g/mol. The lowest BCUT2D eigenvalue weighted by atomic mass is 10.3. The number of furan rings is 1. The molecule has 0 saturated heterocycles. The largest absolute Gasteiger partial charge is 0.450 e. The van der Waals surface area contributed by atoms with Gasteiger partial charge in [-0.15, -0.1) is 11.3 Å². The van der Waals surface area contributed by atoms with E-state index < -0.39 is 17.9 Å². The highest BCUT2D eigenvalue weighted by atomic mass is 32.1. The lowest BCUT2D eigenvalue weighted by Gasteiger charge is -2.18. The summed E-state index contributed by atoms with van der Waals surface area (Å²) in [5.41, 5.74) is 0.859. The van der Waals surface area contributed by atoms with Gasteiger partial charge in [0.05, 0.1) is 16.8 Å². The third-order valence-electron chi connectivity index (χ3n) is 3.84. The molecule has 2 aromatic heterocycles. The van der Waals surface area contributed by atoms with Crippen LogP contribution in [-0.4, -0.2) is 47.5 Å². The Hall–Kier alpha value is -3.20. The molecule has 0 aliphatic heterocycles. The number of imide groups is 1. The number of nitrogens with zero attached hydrogens (tertiary/aromatic N) is 2. The highest BCUT2D eigenvalue weighted by Gasteiger charge is 2.22. The maximum atomic E-state index is 12.7. The quantitative estimate of drug-likeness (QED) is 0.680. The predicted molar refractivity (Wildman–Crippen MR) is 104 cm³/mol. The minimum Gasteiger partial charge on any atom is -0.450 e. The molecule has 0 aliphatic carbocycles. The van der Waals surface area contributed by atoms with Gasteiger partial charge in [0.15, 0.2) is 16.5 Å². The molecule has 1 N–H and O–H groups in total. The number of hydrogen-bond acceptors (Lipinski definition) is 7. The number of carbonyl (C=O) groups excluding carboxylic acids is 3. The summed E-state index contributed by atoms with van der Waals surface area (Å²) >= 11 is 1.47. The van der Waals surface area contributed by atoms with Crippen molar-refractivity contribution in [2.24, 2.45) is 0 Å². The first-order valence-electron chi connectivity index (χ1n) is 8.73. The summed E-state index contributed by atoms with van der Waals surface area (Å²) < 4.78 is 11.4. The van der Waals surface area contributed by atoms with Crippen molar-refractivity contribution < 1.29 is 23.5 Å². The van der Waals surface area contributed by atoms with Gasteiger partial charge in [-0.3, -0.25) is 14.9 Å². The zero-order valence-corrected chi connectivity index (χ0v) is 16.2. The lowest BCUT2D eigenvalue weighted by Crippen LogP contribution is -2.42. The number of nitrogens with one attached hydrogen (secondary N) is 1. The molecule has 0 saturated carbocycles. The number of aromatic nitrogens is 1. The second-order valence-electron chi connectivity index (χ2n) is 5.74. The molecule has 0 fully saturated rings. The van der Waals surface area contributed by atoms with Crippen LogP contribution in [0.1, 0.15) is 24.4 Å². The molecule has 146 valence electrons. The third-order valence-corrected chi connectivity index (χ3v) is 4.89. The van der Waals surface area contributed by atoms with E-state index in [-0.39, 0.29) is 25.5 Å². The van der Waals surface area contributed by atoms with Crippen LogP contribution in [0.15, 0.2) is 40.8 Å². The van der Waals surface area contributed by atoms with E-state index >= 15 is 0 Å². The molecule has 3 rings (SSSR count). The molecule has 9 heteroatoms. The minimum absolute atomic E-state index is 0.0973. The Labute approximate surface area is 165 Å². The van der Waals surface area contributed by atoms with Gasteiger partial charge in [-0.2, -0.15) is 0 Å². The van der Waals surface area contributed by atoms with E-state index in [4.69, 9.17) is 4.42 Å². The molecule has 0 radical (unpaired) electrons. The van der Waals surface area contributed by atoms with Gasteiger partial charge >= 0.3 is 6.09 Å². The highest BCUT2D eigenvalue weighted by molar-refractivity contribution is 7.21. The van der Waals surface area contributed by atoms with Crippen molar-refractivity contribution in [2.75, 3.05) is 19.7 Å². The second-order valence-corrected chi connectivity index (χ2v) is 6.77. The number of fused-ring (bicyclic) bond motifs is 1. The molecule has 0 aliphatic rings. The molecule has 3 aromatic rings. The van der Waals surface area contributed by atoms with Crippen molar-refractivity contribution in [3.05, 3.63) is 42.2 Å². The standard InChI is InChI=1S/C19H19N3O5S/c1-3-22(11-16(23)21-19(25)26-4-2)18(24)14-10-9-13(27-14)17-20-12-7-5-6-8-15(12)28-17/h5-10H,3-4,11H2,1-2H3,(H,21,23,25). The van der Waals surface area contributed by atoms with Crippen molar-refractivity contribution in [2.45, 2.75) is 13.8 Å². The summed E-state index contributed by atoms with van der Waals surface area (Å²) in [6.45, 7) is 3.49. The van der Waals surface area contributed by atoms with Crippen LogP contribution in [0.5, 0.6) is 0 Å². The summed E-state index contributed by atoms with van der Waals surface area (Å²) in [4.78, 5) is 41.7. The van der Waals surface area contributed by atoms with Crippen LogP contribution in [0.4, 0.5) is 4.79 Å². The van der Waals surface area contributed by atoms with Gasteiger partial charge in [0.25, 0.3) is 5.91 Å². The summed E-state index contributed by atoms with van der Waals surface area (Å²) in [6, 6.07) is 10.9. The van der Waals surface area contributed by atoms with E-state index in [0.29, 0.717) is 10.8 Å². The van der Waals surface area contributed by atoms with Crippen molar-refractivity contribution in [3.63, 3.8) is 0 Å². The number of thiazole rings is 1. The number of para-hydroxylation sites is 1. The van der Waals surface area contributed by atoms with Crippen molar-refractivity contribution in [1.29, 1.82) is 0 Å². The zero-order chi connectivity index (χ0) is 20.1.